The van der Waals surface area contributed by atoms with Crippen LogP contribution in [-0.4, -0.2) is 60.4 Å². The van der Waals surface area contributed by atoms with Crippen molar-refractivity contribution in [1.82, 2.24) is 9.47 Å². The fraction of sp³-hybridized carbons (Fsp3) is 0.412. The number of likely N-dealkylation sites (tertiary alicyclic amines) is 1. The van der Waals surface area contributed by atoms with Gasteiger partial charge in [0.15, 0.2) is 22.9 Å². The first-order valence-electron chi connectivity index (χ1n) is 15.3. The van der Waals surface area contributed by atoms with E-state index in [-0.39, 0.29) is 24.2 Å². The van der Waals surface area contributed by atoms with Gasteiger partial charge in [0.2, 0.25) is 0 Å². The molecule has 0 N–H and O–H groups in total. The van der Waals surface area contributed by atoms with Gasteiger partial charge in [0.05, 0.1) is 41.2 Å². The summed E-state index contributed by atoms with van der Waals surface area (Å²) in [5.41, 5.74) is 1.98. The predicted octanol–water partition coefficient (Wildman–Crippen LogP) is 3.99. The average Bonchev–Trinajstić information content (AvgIpc) is 3.65. The monoisotopic (exact) mass is 633 g/mol. The van der Waals surface area contributed by atoms with Crippen molar-refractivity contribution in [2.45, 2.75) is 59.6 Å². The molecule has 5 rings (SSSR count). The number of carbonyl (C=O) groups excluding carboxylic acids is 2. The molecule has 10 nitrogen and oxygen atoms in total. The minimum Gasteiger partial charge on any atom is -0.494 e. The lowest BCUT2D eigenvalue weighted by Crippen LogP contribution is -2.40. The van der Waals surface area contributed by atoms with Gasteiger partial charge in [-0.1, -0.05) is 29.5 Å². The maximum absolute atomic E-state index is 14.0. The molecule has 11 heteroatoms. The van der Waals surface area contributed by atoms with Crippen molar-refractivity contribution in [2.75, 3.05) is 32.9 Å². The number of benzene rings is 2. The van der Waals surface area contributed by atoms with Crippen LogP contribution < -0.4 is 29.1 Å². The summed E-state index contributed by atoms with van der Waals surface area (Å²) in [6.07, 6.45) is 3.46. The summed E-state index contributed by atoms with van der Waals surface area (Å²) in [4.78, 5) is 46.9. The van der Waals surface area contributed by atoms with Crippen LogP contribution in [0.1, 0.15) is 64.6 Å². The summed E-state index contributed by atoms with van der Waals surface area (Å²) in [6.45, 7) is 11.5. The van der Waals surface area contributed by atoms with E-state index in [0.29, 0.717) is 51.1 Å². The predicted molar refractivity (Wildman–Crippen MR) is 172 cm³/mol. The maximum atomic E-state index is 14.0. The molecular formula is C34H39N3O7S. The van der Waals surface area contributed by atoms with Gasteiger partial charge in [-0.25, -0.2) is 9.79 Å². The normalized spacial score (nSPS) is 16.4. The van der Waals surface area contributed by atoms with Crippen LogP contribution in [0.15, 0.2) is 63.5 Å². The molecule has 1 saturated heterocycles. The molecule has 1 amide bonds. The Morgan fingerprint density at radius 2 is 1.71 bits per heavy atom. The molecule has 0 spiro atoms. The summed E-state index contributed by atoms with van der Waals surface area (Å²) in [7, 11) is 0. The number of carbonyl (C=O) groups is 2. The zero-order valence-electron chi connectivity index (χ0n) is 26.3. The van der Waals surface area contributed by atoms with Crippen LogP contribution >= 0.6 is 11.3 Å². The fourth-order valence-corrected chi connectivity index (χ4v) is 6.49. The molecule has 1 atom stereocenters. The number of hydrogen-bond acceptors (Lipinski definition) is 9. The van der Waals surface area contributed by atoms with Crippen LogP contribution in [-0.2, 0) is 14.3 Å². The second kappa shape index (κ2) is 14.2. The summed E-state index contributed by atoms with van der Waals surface area (Å²) in [5.74, 6) is 1.07. The van der Waals surface area contributed by atoms with Gasteiger partial charge in [-0.2, -0.15) is 0 Å². The maximum Gasteiger partial charge on any atom is 0.338 e. The highest BCUT2D eigenvalue weighted by atomic mass is 32.1. The third-order valence-corrected chi connectivity index (χ3v) is 8.45. The van der Waals surface area contributed by atoms with Crippen LogP contribution in [0.2, 0.25) is 0 Å². The van der Waals surface area contributed by atoms with E-state index in [1.807, 2.05) is 49.1 Å². The van der Waals surface area contributed by atoms with Crippen molar-refractivity contribution in [3.8, 4) is 17.2 Å². The van der Waals surface area contributed by atoms with Crippen molar-refractivity contribution < 1.29 is 28.5 Å². The van der Waals surface area contributed by atoms with Crippen LogP contribution in [0.3, 0.4) is 0 Å². The van der Waals surface area contributed by atoms with Gasteiger partial charge in [-0.05, 0) is 88.9 Å². The number of hydrogen-bond donors (Lipinski definition) is 0. The number of amides is 1. The summed E-state index contributed by atoms with van der Waals surface area (Å²) in [5, 5.41) is 0. The molecule has 2 aliphatic rings. The molecule has 2 aliphatic heterocycles. The quantitative estimate of drug-likeness (QED) is 0.294. The Morgan fingerprint density at radius 1 is 1.00 bits per heavy atom. The van der Waals surface area contributed by atoms with Crippen molar-refractivity contribution in [2.24, 2.45) is 4.99 Å². The van der Waals surface area contributed by atoms with Crippen LogP contribution in [0.5, 0.6) is 17.2 Å². The molecule has 3 aromatic rings. The fourth-order valence-electron chi connectivity index (χ4n) is 5.44. The second-order valence-electron chi connectivity index (χ2n) is 11.1. The highest BCUT2D eigenvalue weighted by Gasteiger charge is 2.34. The highest BCUT2D eigenvalue weighted by molar-refractivity contribution is 7.07. The summed E-state index contributed by atoms with van der Waals surface area (Å²) < 4.78 is 24.9. The van der Waals surface area contributed by atoms with E-state index in [4.69, 9.17) is 18.9 Å². The van der Waals surface area contributed by atoms with Crippen LogP contribution in [0, 0.1) is 0 Å². The van der Waals surface area contributed by atoms with E-state index < -0.39 is 12.0 Å². The van der Waals surface area contributed by atoms with Gasteiger partial charge in [-0.15, -0.1) is 0 Å². The van der Waals surface area contributed by atoms with Gasteiger partial charge in [0.25, 0.3) is 11.5 Å². The number of aromatic nitrogens is 1. The molecule has 0 unspecified atom stereocenters. The molecule has 2 aromatic carbocycles. The smallest absolute Gasteiger partial charge is 0.338 e. The minimum absolute atomic E-state index is 0.0471. The third-order valence-electron chi connectivity index (χ3n) is 7.47. The summed E-state index contributed by atoms with van der Waals surface area (Å²) in [6, 6.07) is 12.0. The molecule has 45 heavy (non-hydrogen) atoms. The molecule has 3 heterocycles. The Bertz CT molecular complexity index is 1770. The molecule has 0 radical (unpaired) electrons. The topological polar surface area (TPSA) is 109 Å². The number of allylic oxidation sites excluding steroid dienone is 1. The Hall–Kier alpha value is -4.38. The average molecular weight is 634 g/mol. The molecule has 1 fully saturated rings. The van der Waals surface area contributed by atoms with E-state index in [1.165, 1.54) is 11.3 Å². The first-order chi connectivity index (χ1) is 21.7. The Kier molecular flexibility index (Phi) is 10.1. The van der Waals surface area contributed by atoms with Crippen LogP contribution in [0.4, 0.5) is 0 Å². The van der Waals surface area contributed by atoms with Crippen molar-refractivity contribution in [1.29, 1.82) is 0 Å². The zero-order chi connectivity index (χ0) is 32.1. The Morgan fingerprint density at radius 3 is 2.38 bits per heavy atom. The Labute approximate surface area is 266 Å². The third kappa shape index (κ3) is 7.14. The lowest BCUT2D eigenvalue weighted by molar-refractivity contribution is -0.143. The SMILES string of the molecule is CCOc1ccc([C@H]2C(C(=O)OC(C)C)=C(C)N=c3s/c(=C\c4ccc(OCC(=O)N5CCCC5)c(OCC)c4)c(=O)n32)cc1. The first-order valence-corrected chi connectivity index (χ1v) is 16.2. The van der Waals surface area contributed by atoms with Gasteiger partial charge in [0.1, 0.15) is 5.75 Å². The van der Waals surface area contributed by atoms with Crippen LogP contribution in [0.25, 0.3) is 6.08 Å². The zero-order valence-corrected chi connectivity index (χ0v) is 27.1. The van der Waals surface area contributed by atoms with Gasteiger partial charge >= 0.3 is 5.97 Å². The van der Waals surface area contributed by atoms with E-state index in [1.54, 1.807) is 43.5 Å². The number of thiazole rings is 1. The standard InChI is InChI=1S/C34H39N3O7S/c1-6-41-25-13-11-24(12-14-25)31-30(33(40)44-21(3)4)22(5)35-34-37(31)32(39)28(45-34)19-23-10-15-26(27(18-23)42-7-2)43-20-29(38)36-16-8-9-17-36/h10-15,18-19,21,31H,6-9,16-17,20H2,1-5H3/b28-19-/t31-/m0/s1. The first kappa shape index (κ1) is 32.0. The number of fused-ring (bicyclic) bond motifs is 1. The van der Waals surface area contributed by atoms with Crippen molar-refractivity contribution in [3.63, 3.8) is 0 Å². The number of nitrogens with zero attached hydrogens (tertiary/aromatic N) is 3. The molecule has 238 valence electrons. The Balaban J connectivity index is 1.52. The van der Waals surface area contributed by atoms with E-state index in [2.05, 4.69) is 4.99 Å². The van der Waals surface area contributed by atoms with Crippen molar-refractivity contribution in [3.05, 3.63) is 84.5 Å². The largest absolute Gasteiger partial charge is 0.494 e. The van der Waals surface area contributed by atoms with Gasteiger partial charge in [0, 0.05) is 13.1 Å². The molecular weight excluding hydrogens is 594 g/mol. The summed E-state index contributed by atoms with van der Waals surface area (Å²) >= 11 is 1.24. The van der Waals surface area contributed by atoms with E-state index >= 15 is 0 Å². The molecule has 0 saturated carbocycles. The second-order valence-corrected chi connectivity index (χ2v) is 12.1. The molecule has 0 bridgehead atoms. The highest BCUT2D eigenvalue weighted by Crippen LogP contribution is 2.32. The number of rotatable bonds is 11. The molecule has 0 aliphatic carbocycles. The van der Waals surface area contributed by atoms with E-state index in [0.717, 1.165) is 37.1 Å². The minimum atomic E-state index is -0.728. The molecule has 1 aromatic heterocycles. The lowest BCUT2D eigenvalue weighted by Gasteiger charge is -2.25. The lowest BCUT2D eigenvalue weighted by atomic mass is 9.96. The number of esters is 1. The number of ether oxygens (including phenoxy) is 4. The van der Waals surface area contributed by atoms with E-state index in [9.17, 15) is 14.4 Å². The van der Waals surface area contributed by atoms with Crippen molar-refractivity contribution >= 4 is 29.3 Å². The van der Waals surface area contributed by atoms with Gasteiger partial charge in [-0.3, -0.25) is 14.2 Å². The van der Waals surface area contributed by atoms with Gasteiger partial charge < -0.3 is 23.8 Å².